The molecule has 0 saturated carbocycles. The molecule has 2 amide bonds. The highest BCUT2D eigenvalue weighted by Gasteiger charge is 2.41. The fourth-order valence-electron chi connectivity index (χ4n) is 3.05. The number of alkyl carbamates (subject to hydrolysis) is 1. The lowest BCUT2D eigenvalue weighted by Crippen LogP contribution is -2.45. The Bertz CT molecular complexity index is 1050. The lowest BCUT2D eigenvalue weighted by Gasteiger charge is -2.30. The van der Waals surface area contributed by atoms with Gasteiger partial charge in [0.25, 0.3) is 5.91 Å². The predicted octanol–water partition coefficient (Wildman–Crippen LogP) is 6.15. The average Bonchev–Trinajstić information content (AvgIpc) is 2.99. The number of halogens is 1. The second-order valence-corrected chi connectivity index (χ2v) is 9.98. The van der Waals surface area contributed by atoms with Gasteiger partial charge >= 0.3 is 6.09 Å². The molecule has 1 aliphatic heterocycles. The van der Waals surface area contributed by atoms with Crippen LogP contribution in [0.3, 0.4) is 0 Å². The van der Waals surface area contributed by atoms with E-state index >= 15 is 0 Å². The van der Waals surface area contributed by atoms with E-state index in [9.17, 15) is 9.59 Å². The maximum Gasteiger partial charge on any atom is 0.409 e. The van der Waals surface area contributed by atoms with E-state index in [1.54, 1.807) is 45.0 Å². The van der Waals surface area contributed by atoms with Crippen molar-refractivity contribution in [1.82, 2.24) is 10.2 Å². The molecule has 3 rings (SSSR count). The number of rotatable bonds is 4. The van der Waals surface area contributed by atoms with Crippen LogP contribution in [0.4, 0.5) is 4.79 Å². The third-order valence-corrected chi connectivity index (χ3v) is 6.31. The van der Waals surface area contributed by atoms with Crippen LogP contribution in [0.5, 0.6) is 0 Å². The first-order valence-electron chi connectivity index (χ1n) is 9.64. The number of ether oxygens (including phenoxy) is 1. The molecule has 1 unspecified atom stereocenters. The van der Waals surface area contributed by atoms with E-state index in [-0.39, 0.29) is 5.91 Å². The third kappa shape index (κ3) is 5.47. The Labute approximate surface area is 196 Å². The molecule has 2 aromatic carbocycles. The zero-order chi connectivity index (χ0) is 22.8. The third-order valence-electron chi connectivity index (χ3n) is 4.46. The molecule has 0 aromatic heterocycles. The van der Waals surface area contributed by atoms with E-state index in [4.69, 9.17) is 28.6 Å². The number of thioether (sulfide) groups is 1. The van der Waals surface area contributed by atoms with Crippen LogP contribution >= 0.6 is 35.6 Å². The van der Waals surface area contributed by atoms with Crippen LogP contribution in [0.2, 0.25) is 5.02 Å². The molecule has 0 aliphatic carbocycles. The van der Waals surface area contributed by atoms with Crippen LogP contribution in [-0.4, -0.2) is 26.8 Å². The van der Waals surface area contributed by atoms with Crippen LogP contribution in [0, 0.1) is 0 Å². The van der Waals surface area contributed by atoms with Crippen molar-refractivity contribution in [1.29, 1.82) is 0 Å². The zero-order valence-electron chi connectivity index (χ0n) is 17.6. The molecule has 1 heterocycles. The van der Waals surface area contributed by atoms with Gasteiger partial charge < -0.3 is 4.74 Å². The Morgan fingerprint density at radius 2 is 1.74 bits per heavy atom. The normalized spacial score (nSPS) is 16.9. The maximum atomic E-state index is 13.4. The van der Waals surface area contributed by atoms with Gasteiger partial charge in [0.2, 0.25) is 0 Å². The molecule has 2 aromatic rings. The van der Waals surface area contributed by atoms with Gasteiger partial charge in [0.1, 0.15) is 16.1 Å². The molecule has 1 fully saturated rings. The Kier molecular flexibility index (Phi) is 7.09. The summed E-state index contributed by atoms with van der Waals surface area (Å²) in [4.78, 5) is 27.9. The number of carbonyl (C=O) groups excluding carboxylic acids is 2. The Hall–Kier alpha value is -2.35. The number of hydrogen-bond acceptors (Lipinski definition) is 5. The highest BCUT2D eigenvalue weighted by molar-refractivity contribution is 8.26. The maximum absolute atomic E-state index is 13.4. The lowest BCUT2D eigenvalue weighted by atomic mass is 10.1. The number of allylic oxidation sites excluding steroid dienone is 1. The van der Waals surface area contributed by atoms with E-state index in [0.717, 1.165) is 11.1 Å². The second kappa shape index (κ2) is 9.42. The first-order chi connectivity index (χ1) is 14.6. The number of benzene rings is 2. The summed E-state index contributed by atoms with van der Waals surface area (Å²) in [7, 11) is 0. The van der Waals surface area contributed by atoms with Crippen molar-refractivity contribution in [2.45, 2.75) is 39.5 Å². The van der Waals surface area contributed by atoms with E-state index < -0.39 is 17.9 Å². The molecule has 1 N–H and O–H groups in total. The second-order valence-electron chi connectivity index (χ2n) is 7.93. The molecule has 0 bridgehead atoms. The Morgan fingerprint density at radius 3 is 2.35 bits per heavy atom. The fourth-order valence-corrected chi connectivity index (χ4v) is 4.64. The van der Waals surface area contributed by atoms with Crippen molar-refractivity contribution in [3.63, 3.8) is 0 Å². The Morgan fingerprint density at radius 1 is 1.13 bits per heavy atom. The van der Waals surface area contributed by atoms with E-state index in [1.807, 2.05) is 37.3 Å². The van der Waals surface area contributed by atoms with Gasteiger partial charge in [0, 0.05) is 10.6 Å². The van der Waals surface area contributed by atoms with Gasteiger partial charge in [-0.2, -0.15) is 0 Å². The summed E-state index contributed by atoms with van der Waals surface area (Å²) >= 11 is 13.2. The SMILES string of the molecule is C/C(=C1/SC(=S)N(C(NC(=O)OC(C)(C)C)c2ccccc2Cl)C1=O)c1ccccc1. The number of hydrogen-bond donors (Lipinski definition) is 1. The van der Waals surface area contributed by atoms with Crippen LogP contribution in [0.15, 0.2) is 59.5 Å². The van der Waals surface area contributed by atoms with Crippen molar-refractivity contribution in [2.24, 2.45) is 0 Å². The minimum atomic E-state index is -0.905. The first-order valence-corrected chi connectivity index (χ1v) is 11.2. The highest BCUT2D eigenvalue weighted by atomic mass is 35.5. The van der Waals surface area contributed by atoms with Crippen molar-refractivity contribution in [3.8, 4) is 0 Å². The molecule has 31 heavy (non-hydrogen) atoms. The van der Waals surface area contributed by atoms with Gasteiger partial charge in [-0.3, -0.25) is 15.0 Å². The monoisotopic (exact) mass is 474 g/mol. The molecular weight excluding hydrogens is 452 g/mol. The van der Waals surface area contributed by atoms with Crippen molar-refractivity contribution in [2.75, 3.05) is 0 Å². The largest absolute Gasteiger partial charge is 0.444 e. The van der Waals surface area contributed by atoms with Crippen LogP contribution < -0.4 is 5.32 Å². The number of carbonyl (C=O) groups is 2. The molecule has 1 saturated heterocycles. The van der Waals surface area contributed by atoms with E-state index in [1.165, 1.54) is 16.7 Å². The number of thiocarbonyl (C=S) groups is 1. The number of nitrogens with zero attached hydrogens (tertiary/aromatic N) is 1. The molecule has 162 valence electrons. The van der Waals surface area contributed by atoms with Crippen LogP contribution in [-0.2, 0) is 9.53 Å². The average molecular weight is 475 g/mol. The van der Waals surface area contributed by atoms with E-state index in [0.29, 0.717) is 19.8 Å². The molecule has 0 spiro atoms. The lowest BCUT2D eigenvalue weighted by molar-refractivity contribution is -0.124. The van der Waals surface area contributed by atoms with Crippen molar-refractivity contribution < 1.29 is 14.3 Å². The zero-order valence-corrected chi connectivity index (χ0v) is 20.0. The molecular formula is C23H23ClN2O3S2. The molecule has 1 aliphatic rings. The predicted molar refractivity (Wildman–Crippen MR) is 130 cm³/mol. The smallest absolute Gasteiger partial charge is 0.409 e. The summed E-state index contributed by atoms with van der Waals surface area (Å²) in [6, 6.07) is 16.6. The van der Waals surface area contributed by atoms with E-state index in [2.05, 4.69) is 5.32 Å². The summed E-state index contributed by atoms with van der Waals surface area (Å²) < 4.78 is 5.74. The van der Waals surface area contributed by atoms with Gasteiger partial charge in [0.15, 0.2) is 0 Å². The quantitative estimate of drug-likeness (QED) is 0.425. The van der Waals surface area contributed by atoms with Gasteiger partial charge in [-0.1, -0.05) is 84.1 Å². The molecule has 1 atom stereocenters. The highest BCUT2D eigenvalue weighted by Crippen LogP contribution is 2.41. The van der Waals surface area contributed by atoms with Gasteiger partial charge in [-0.25, -0.2) is 4.79 Å². The summed E-state index contributed by atoms with van der Waals surface area (Å²) in [6.07, 6.45) is -1.58. The fraction of sp³-hybridized carbons (Fsp3) is 0.261. The van der Waals surface area contributed by atoms with Gasteiger partial charge in [-0.05, 0) is 44.9 Å². The molecule has 0 radical (unpaired) electrons. The molecule has 8 heteroatoms. The van der Waals surface area contributed by atoms with Crippen LogP contribution in [0.25, 0.3) is 5.57 Å². The summed E-state index contributed by atoms with van der Waals surface area (Å²) in [5, 5.41) is 3.17. The summed E-state index contributed by atoms with van der Waals surface area (Å²) in [5.74, 6) is -0.294. The minimum absolute atomic E-state index is 0.294. The molecule has 5 nitrogen and oxygen atoms in total. The summed E-state index contributed by atoms with van der Waals surface area (Å²) in [5.41, 5.74) is 1.59. The first kappa shape index (κ1) is 23.3. The topological polar surface area (TPSA) is 58.6 Å². The van der Waals surface area contributed by atoms with Crippen LogP contribution in [0.1, 0.15) is 45.0 Å². The van der Waals surface area contributed by atoms with Gasteiger partial charge in [0.05, 0.1) is 4.91 Å². The standard InChI is InChI=1S/C23H23ClN2O3S2/c1-14(15-10-6-5-7-11-15)18-20(27)26(22(30)31-18)19(16-12-8-9-13-17(16)24)25-21(28)29-23(2,3)4/h5-13,19H,1-4H3,(H,25,28)/b18-14-. The van der Waals surface area contributed by atoms with Crippen molar-refractivity contribution >= 4 is 57.5 Å². The van der Waals surface area contributed by atoms with Gasteiger partial charge in [-0.15, -0.1) is 0 Å². The number of amides is 2. The summed E-state index contributed by atoms with van der Waals surface area (Å²) in [6.45, 7) is 7.18. The van der Waals surface area contributed by atoms with Crippen molar-refractivity contribution in [3.05, 3.63) is 75.7 Å². The Balaban J connectivity index is 2.01. The minimum Gasteiger partial charge on any atom is -0.444 e. The number of nitrogens with one attached hydrogen (secondary N) is 1.